The standard InChI is InChI=1S/C20H14N4.C8H10N/c1-2-14-10-16-5-6-18(23-16)12-20-8-7-19(24-20)11-17-4-3-15(22-17)9-13(1)21-14;1-6-4-9-5-7(2)8(6)3/h1-12,21-22H;4H,1-3H3/q;+1. The van der Waals surface area contributed by atoms with Crippen molar-refractivity contribution >= 4 is 52.6 Å². The molecule has 3 aromatic rings. The van der Waals surface area contributed by atoms with E-state index in [0.717, 1.165) is 50.4 Å². The van der Waals surface area contributed by atoms with Crippen molar-refractivity contribution in [1.82, 2.24) is 19.9 Å². The molecule has 0 amide bonds. The second kappa shape index (κ2) is 8.65. The van der Waals surface area contributed by atoms with Crippen molar-refractivity contribution in [2.45, 2.75) is 20.8 Å². The van der Waals surface area contributed by atoms with Gasteiger partial charge >= 0.3 is 0 Å². The van der Waals surface area contributed by atoms with Gasteiger partial charge in [0.15, 0.2) is 6.21 Å². The number of rotatable bonds is 0. The number of aromatic nitrogens is 4. The molecule has 2 N–H and O–H groups in total. The van der Waals surface area contributed by atoms with Gasteiger partial charge in [-0.25, -0.2) is 9.97 Å². The van der Waals surface area contributed by atoms with Crippen LogP contribution >= 0.6 is 0 Å². The van der Waals surface area contributed by atoms with E-state index in [-0.39, 0.29) is 0 Å². The Labute approximate surface area is 192 Å². The van der Waals surface area contributed by atoms with Gasteiger partial charge < -0.3 is 9.97 Å². The van der Waals surface area contributed by atoms with E-state index in [1.54, 1.807) is 0 Å². The Balaban J connectivity index is 0.000000215. The summed E-state index contributed by atoms with van der Waals surface area (Å²) in [6, 6.07) is 16.4. The Morgan fingerprint density at radius 2 is 1.06 bits per heavy atom. The van der Waals surface area contributed by atoms with Crippen molar-refractivity contribution in [3.63, 3.8) is 0 Å². The summed E-state index contributed by atoms with van der Waals surface area (Å²) < 4.78 is 0. The van der Waals surface area contributed by atoms with E-state index >= 15 is 0 Å². The second-order valence-electron chi connectivity index (χ2n) is 8.21. The molecule has 8 bridgehead atoms. The number of aromatic amines is 2. The zero-order valence-electron chi connectivity index (χ0n) is 18.8. The van der Waals surface area contributed by atoms with Gasteiger partial charge in [0.25, 0.3) is 0 Å². The Kier molecular flexibility index (Phi) is 5.39. The SMILES string of the molecule is C1=Cc2cc3ccc(cc4ccc(cc5nc(cc1n2)C=C5)[nH]4)[nH]3.CC1=CN=[C+]C(C)=C1C. The Morgan fingerprint density at radius 3 is 1.52 bits per heavy atom. The number of allylic oxidation sites excluding steroid dienone is 3. The first kappa shape index (κ1) is 20.6. The van der Waals surface area contributed by atoms with Crippen molar-refractivity contribution in [3.05, 3.63) is 94.2 Å². The van der Waals surface area contributed by atoms with Crippen molar-refractivity contribution in [2.24, 2.45) is 4.99 Å². The van der Waals surface area contributed by atoms with Crippen LogP contribution in [0.1, 0.15) is 43.5 Å². The van der Waals surface area contributed by atoms with Gasteiger partial charge in [-0.15, -0.1) is 0 Å². The highest BCUT2D eigenvalue weighted by molar-refractivity contribution is 5.82. The molecule has 0 unspecified atom stereocenters. The average molecular weight is 431 g/mol. The molecule has 3 aromatic heterocycles. The van der Waals surface area contributed by atoms with Crippen molar-refractivity contribution in [3.8, 4) is 0 Å². The third-order valence-corrected chi connectivity index (χ3v) is 5.69. The molecule has 0 saturated heterocycles. The molecule has 3 aliphatic rings. The lowest BCUT2D eigenvalue weighted by Gasteiger charge is -1.94. The molecule has 0 aromatic carbocycles. The number of fused-ring (bicyclic) bond motifs is 8. The van der Waals surface area contributed by atoms with Gasteiger partial charge in [-0.05, 0) is 86.7 Å². The minimum Gasteiger partial charge on any atom is -0.355 e. The summed E-state index contributed by atoms with van der Waals surface area (Å²) in [5, 5.41) is 0. The van der Waals surface area contributed by atoms with Gasteiger partial charge in [0.1, 0.15) is 11.8 Å². The highest BCUT2D eigenvalue weighted by Gasteiger charge is 2.10. The summed E-state index contributed by atoms with van der Waals surface area (Å²) in [4.78, 5) is 19.9. The van der Waals surface area contributed by atoms with Gasteiger partial charge in [0.05, 0.1) is 33.9 Å². The van der Waals surface area contributed by atoms with E-state index in [2.05, 4.69) is 75.3 Å². The van der Waals surface area contributed by atoms with E-state index in [0.29, 0.717) is 0 Å². The molecule has 0 aliphatic carbocycles. The fraction of sp³-hybridized carbons (Fsp3) is 0.107. The maximum atomic E-state index is 4.62. The van der Waals surface area contributed by atoms with Crippen LogP contribution in [-0.2, 0) is 0 Å². The molecule has 0 fully saturated rings. The predicted octanol–water partition coefficient (Wildman–Crippen LogP) is 6.84. The third-order valence-electron chi connectivity index (χ3n) is 5.69. The van der Waals surface area contributed by atoms with Crippen molar-refractivity contribution in [2.75, 3.05) is 0 Å². The molecule has 3 aliphatic heterocycles. The van der Waals surface area contributed by atoms with Crippen molar-refractivity contribution in [1.29, 1.82) is 0 Å². The van der Waals surface area contributed by atoms with Gasteiger partial charge in [0.2, 0.25) is 0 Å². The molecule has 5 nitrogen and oxygen atoms in total. The molecule has 6 rings (SSSR count). The summed E-state index contributed by atoms with van der Waals surface area (Å²) in [6.45, 7) is 6.17. The largest absolute Gasteiger partial charge is 0.355 e. The van der Waals surface area contributed by atoms with Crippen LogP contribution in [0.4, 0.5) is 0 Å². The molecule has 0 spiro atoms. The lowest BCUT2D eigenvalue weighted by Crippen LogP contribution is -1.91. The van der Waals surface area contributed by atoms with Gasteiger partial charge in [-0.1, -0.05) is 4.99 Å². The smallest absolute Gasteiger partial charge is 0.159 e. The molecular weight excluding hydrogens is 406 g/mol. The lowest BCUT2D eigenvalue weighted by molar-refractivity contribution is 1.25. The highest BCUT2D eigenvalue weighted by Crippen LogP contribution is 2.17. The van der Waals surface area contributed by atoms with Gasteiger partial charge in [-0.3, -0.25) is 0 Å². The van der Waals surface area contributed by atoms with E-state index in [9.17, 15) is 0 Å². The molecule has 5 heteroatoms. The van der Waals surface area contributed by atoms with Crippen LogP contribution in [0.5, 0.6) is 0 Å². The summed E-state index contributed by atoms with van der Waals surface area (Å²) in [5.41, 5.74) is 11.5. The predicted molar refractivity (Wildman–Crippen MR) is 138 cm³/mol. The number of nitrogens with one attached hydrogen (secondary N) is 2. The first-order chi connectivity index (χ1) is 16.0. The maximum Gasteiger partial charge on any atom is 0.159 e. The van der Waals surface area contributed by atoms with E-state index < -0.39 is 0 Å². The lowest BCUT2D eigenvalue weighted by atomic mass is 10.0. The zero-order valence-corrected chi connectivity index (χ0v) is 18.8. The highest BCUT2D eigenvalue weighted by atomic mass is 14.8. The van der Waals surface area contributed by atoms with E-state index in [1.165, 1.54) is 11.1 Å². The molecule has 0 radical (unpaired) electrons. The maximum absolute atomic E-state index is 4.62. The van der Waals surface area contributed by atoms with Crippen molar-refractivity contribution < 1.29 is 0 Å². The summed E-state index contributed by atoms with van der Waals surface area (Å²) in [5.74, 6) is 0. The summed E-state index contributed by atoms with van der Waals surface area (Å²) in [6.07, 6.45) is 12.8. The van der Waals surface area contributed by atoms with E-state index in [4.69, 9.17) is 0 Å². The Morgan fingerprint density at radius 1 is 0.606 bits per heavy atom. The van der Waals surface area contributed by atoms with Crippen LogP contribution in [0.25, 0.3) is 46.4 Å². The number of H-pyrrole nitrogens is 2. The number of hydrogen-bond donors (Lipinski definition) is 2. The zero-order chi connectivity index (χ0) is 22.8. The van der Waals surface area contributed by atoms with E-state index in [1.807, 2.05) is 55.6 Å². The average Bonchev–Trinajstić information content (AvgIpc) is 3.58. The molecule has 0 atom stereocenters. The Bertz CT molecular complexity index is 1450. The van der Waals surface area contributed by atoms with Crippen LogP contribution < -0.4 is 0 Å². The molecule has 0 saturated carbocycles. The van der Waals surface area contributed by atoms with Crippen LogP contribution in [0.15, 0.2) is 76.4 Å². The Hall–Kier alpha value is -4.34. The normalized spacial score (nSPS) is 14.0. The topological polar surface area (TPSA) is 69.7 Å². The molecule has 160 valence electrons. The van der Waals surface area contributed by atoms with Gasteiger partial charge in [-0.2, -0.15) is 0 Å². The first-order valence-electron chi connectivity index (χ1n) is 10.9. The quantitative estimate of drug-likeness (QED) is 0.264. The fourth-order valence-electron chi connectivity index (χ4n) is 3.65. The van der Waals surface area contributed by atoms with Gasteiger partial charge in [0, 0.05) is 29.0 Å². The van der Waals surface area contributed by atoms with Crippen LogP contribution in [0.2, 0.25) is 0 Å². The second-order valence-corrected chi connectivity index (χ2v) is 8.21. The van der Waals surface area contributed by atoms with Crippen LogP contribution in [-0.4, -0.2) is 26.2 Å². The number of aliphatic imine (C=N–C) groups is 1. The van der Waals surface area contributed by atoms with Crippen LogP contribution in [0, 0.1) is 0 Å². The minimum atomic E-state index is 0.915. The molecular formula is C28H24N5+. The molecule has 33 heavy (non-hydrogen) atoms. The third kappa shape index (κ3) is 4.79. The summed E-state index contributed by atoms with van der Waals surface area (Å²) >= 11 is 0. The minimum absolute atomic E-state index is 0.915. The fourth-order valence-corrected chi connectivity index (χ4v) is 3.65. The monoisotopic (exact) mass is 430 g/mol. The molecule has 6 heterocycles. The number of nitrogens with zero attached hydrogens (tertiary/aromatic N) is 3. The first-order valence-corrected chi connectivity index (χ1v) is 10.9. The number of hydrogen-bond acceptors (Lipinski definition) is 3. The summed E-state index contributed by atoms with van der Waals surface area (Å²) in [7, 11) is 0. The van der Waals surface area contributed by atoms with Crippen LogP contribution in [0.3, 0.4) is 0 Å².